The molecule has 2 N–H and O–H groups in total. The molecule has 1 aromatic carbocycles. The van der Waals surface area contributed by atoms with Gasteiger partial charge in [0.15, 0.2) is 0 Å². The molecule has 1 saturated heterocycles. The second-order valence-electron chi connectivity index (χ2n) is 6.64. The third-order valence-electron chi connectivity index (χ3n) is 5.03. The highest BCUT2D eigenvalue weighted by Crippen LogP contribution is 2.27. The molecule has 1 amide bonds. The molecule has 0 spiro atoms. The Morgan fingerprint density at radius 1 is 1.29 bits per heavy atom. The van der Waals surface area contributed by atoms with E-state index in [9.17, 15) is 4.79 Å². The Morgan fingerprint density at radius 3 is 2.90 bits per heavy atom. The van der Waals surface area contributed by atoms with Crippen LogP contribution in [-0.4, -0.2) is 24.5 Å². The van der Waals surface area contributed by atoms with E-state index in [1.165, 1.54) is 11.1 Å². The summed E-state index contributed by atoms with van der Waals surface area (Å²) in [6.45, 7) is 3.24. The molecule has 1 fully saturated rings. The Morgan fingerprint density at radius 2 is 2.10 bits per heavy atom. The van der Waals surface area contributed by atoms with Crippen LogP contribution < -0.4 is 10.6 Å². The van der Waals surface area contributed by atoms with Crippen molar-refractivity contribution < 1.29 is 4.79 Å². The quantitative estimate of drug-likeness (QED) is 0.896. The Kier molecular flexibility index (Phi) is 4.59. The first-order valence-electron chi connectivity index (χ1n) is 8.32. The number of piperidine rings is 1. The van der Waals surface area contributed by atoms with Crippen molar-refractivity contribution in [2.75, 3.05) is 6.54 Å². The van der Waals surface area contributed by atoms with Crippen molar-refractivity contribution in [2.24, 2.45) is 5.92 Å². The van der Waals surface area contributed by atoms with E-state index in [0.29, 0.717) is 24.4 Å². The summed E-state index contributed by atoms with van der Waals surface area (Å²) >= 11 is 0. The maximum Gasteiger partial charge on any atom is 0.220 e. The van der Waals surface area contributed by atoms with Crippen molar-refractivity contribution in [1.82, 2.24) is 10.6 Å². The fraction of sp³-hybridized carbons (Fsp3) is 0.611. The van der Waals surface area contributed by atoms with E-state index in [2.05, 4.69) is 41.8 Å². The summed E-state index contributed by atoms with van der Waals surface area (Å²) in [5, 5.41) is 6.68. The summed E-state index contributed by atoms with van der Waals surface area (Å²) in [5.74, 6) is 0.742. The Balaban J connectivity index is 1.52. The third-order valence-corrected chi connectivity index (χ3v) is 5.03. The predicted octanol–water partition coefficient (Wildman–Crippen LogP) is 2.44. The van der Waals surface area contributed by atoms with E-state index < -0.39 is 0 Å². The number of hydrogen-bond acceptors (Lipinski definition) is 2. The van der Waals surface area contributed by atoms with Gasteiger partial charge in [-0.1, -0.05) is 24.3 Å². The number of nitrogens with one attached hydrogen (secondary N) is 2. The largest absolute Gasteiger partial charge is 0.352 e. The van der Waals surface area contributed by atoms with Gasteiger partial charge < -0.3 is 10.6 Å². The van der Waals surface area contributed by atoms with E-state index in [0.717, 1.165) is 38.6 Å². The molecule has 114 valence electrons. The molecule has 0 saturated carbocycles. The maximum atomic E-state index is 12.3. The summed E-state index contributed by atoms with van der Waals surface area (Å²) in [6.07, 6.45) is 6.26. The molecule has 1 aliphatic heterocycles. The molecule has 1 aromatic rings. The lowest BCUT2D eigenvalue weighted by atomic mass is 9.82. The summed E-state index contributed by atoms with van der Waals surface area (Å²) in [6, 6.07) is 9.37. The van der Waals surface area contributed by atoms with Gasteiger partial charge >= 0.3 is 0 Å². The molecule has 3 nitrogen and oxygen atoms in total. The fourth-order valence-electron chi connectivity index (χ4n) is 3.72. The Labute approximate surface area is 127 Å². The van der Waals surface area contributed by atoms with Crippen LogP contribution in [0, 0.1) is 5.92 Å². The van der Waals surface area contributed by atoms with Crippen LogP contribution in [0.1, 0.15) is 43.7 Å². The van der Waals surface area contributed by atoms with Gasteiger partial charge in [0.05, 0.1) is 0 Å². The molecule has 3 rings (SSSR count). The number of benzene rings is 1. The summed E-state index contributed by atoms with van der Waals surface area (Å²) in [5.41, 5.74) is 2.91. The summed E-state index contributed by atoms with van der Waals surface area (Å²) in [7, 11) is 0. The van der Waals surface area contributed by atoms with Crippen molar-refractivity contribution in [3.8, 4) is 0 Å². The van der Waals surface area contributed by atoms with Crippen LogP contribution in [0.4, 0.5) is 0 Å². The van der Waals surface area contributed by atoms with Crippen molar-refractivity contribution in [3.05, 3.63) is 35.4 Å². The van der Waals surface area contributed by atoms with E-state index in [4.69, 9.17) is 0 Å². The zero-order valence-electron chi connectivity index (χ0n) is 12.9. The van der Waals surface area contributed by atoms with Gasteiger partial charge in [-0.2, -0.15) is 0 Å². The number of aryl methyl sites for hydroxylation is 1. The van der Waals surface area contributed by atoms with Gasteiger partial charge in [0.2, 0.25) is 5.91 Å². The average Bonchev–Trinajstić information content (AvgIpc) is 2.49. The summed E-state index contributed by atoms with van der Waals surface area (Å²) in [4.78, 5) is 12.3. The number of rotatable bonds is 3. The fourth-order valence-corrected chi connectivity index (χ4v) is 3.72. The zero-order chi connectivity index (χ0) is 14.7. The van der Waals surface area contributed by atoms with Gasteiger partial charge in [0, 0.05) is 18.5 Å². The van der Waals surface area contributed by atoms with E-state index >= 15 is 0 Å². The minimum Gasteiger partial charge on any atom is -0.352 e. The van der Waals surface area contributed by atoms with Crippen LogP contribution >= 0.6 is 0 Å². The SMILES string of the molecule is CC1NCCCC1NC(=O)CC1CCc2ccccc2C1. The van der Waals surface area contributed by atoms with Crippen LogP contribution in [0.15, 0.2) is 24.3 Å². The van der Waals surface area contributed by atoms with Crippen LogP contribution in [0.3, 0.4) is 0 Å². The zero-order valence-corrected chi connectivity index (χ0v) is 12.9. The van der Waals surface area contributed by atoms with Crippen LogP contribution in [-0.2, 0) is 17.6 Å². The lowest BCUT2D eigenvalue weighted by Gasteiger charge is -2.31. The molecule has 1 aliphatic carbocycles. The number of carbonyl (C=O) groups is 1. The Hall–Kier alpha value is -1.35. The molecule has 0 radical (unpaired) electrons. The second-order valence-corrected chi connectivity index (χ2v) is 6.64. The van der Waals surface area contributed by atoms with Crippen molar-refractivity contribution in [1.29, 1.82) is 0 Å². The first kappa shape index (κ1) is 14.6. The molecule has 21 heavy (non-hydrogen) atoms. The third kappa shape index (κ3) is 3.65. The standard InChI is InChI=1S/C18H26N2O/c1-13-17(7-4-10-19-13)20-18(21)12-14-8-9-15-5-2-3-6-16(15)11-14/h2-3,5-6,13-14,17,19H,4,7-12H2,1H3,(H,20,21). The molecule has 3 heteroatoms. The minimum atomic E-state index is 0.236. The minimum absolute atomic E-state index is 0.236. The number of fused-ring (bicyclic) bond motifs is 1. The molecule has 0 bridgehead atoms. The first-order chi connectivity index (χ1) is 10.2. The van der Waals surface area contributed by atoms with Gasteiger partial charge in [-0.25, -0.2) is 0 Å². The number of hydrogen-bond donors (Lipinski definition) is 2. The lowest BCUT2D eigenvalue weighted by Crippen LogP contribution is -2.52. The van der Waals surface area contributed by atoms with Gasteiger partial charge in [-0.15, -0.1) is 0 Å². The van der Waals surface area contributed by atoms with Gasteiger partial charge in [-0.05, 0) is 62.6 Å². The van der Waals surface area contributed by atoms with Crippen molar-refractivity contribution in [3.63, 3.8) is 0 Å². The van der Waals surface area contributed by atoms with Crippen LogP contribution in [0.2, 0.25) is 0 Å². The van der Waals surface area contributed by atoms with Crippen molar-refractivity contribution in [2.45, 2.75) is 57.5 Å². The van der Waals surface area contributed by atoms with E-state index in [-0.39, 0.29) is 5.91 Å². The normalized spacial score (nSPS) is 28.7. The van der Waals surface area contributed by atoms with Crippen LogP contribution in [0.5, 0.6) is 0 Å². The van der Waals surface area contributed by atoms with Gasteiger partial charge in [0.1, 0.15) is 0 Å². The molecular weight excluding hydrogens is 260 g/mol. The molecule has 0 aromatic heterocycles. The molecular formula is C18H26N2O. The second kappa shape index (κ2) is 6.61. The summed E-state index contributed by atoms with van der Waals surface area (Å²) < 4.78 is 0. The molecule has 3 unspecified atom stereocenters. The molecule has 1 heterocycles. The molecule has 3 atom stereocenters. The Bertz CT molecular complexity index is 500. The number of carbonyl (C=O) groups excluding carboxylic acids is 1. The predicted molar refractivity (Wildman–Crippen MR) is 85.2 cm³/mol. The van der Waals surface area contributed by atoms with Crippen molar-refractivity contribution >= 4 is 5.91 Å². The highest BCUT2D eigenvalue weighted by molar-refractivity contribution is 5.76. The lowest BCUT2D eigenvalue weighted by molar-refractivity contribution is -0.123. The molecule has 2 aliphatic rings. The van der Waals surface area contributed by atoms with E-state index in [1.807, 2.05) is 0 Å². The highest BCUT2D eigenvalue weighted by atomic mass is 16.1. The van der Waals surface area contributed by atoms with Crippen LogP contribution in [0.25, 0.3) is 0 Å². The van der Waals surface area contributed by atoms with Gasteiger partial charge in [-0.3, -0.25) is 4.79 Å². The topological polar surface area (TPSA) is 41.1 Å². The highest BCUT2D eigenvalue weighted by Gasteiger charge is 2.25. The monoisotopic (exact) mass is 286 g/mol. The first-order valence-corrected chi connectivity index (χ1v) is 8.32. The van der Waals surface area contributed by atoms with E-state index in [1.54, 1.807) is 0 Å². The number of amides is 1. The maximum absolute atomic E-state index is 12.3. The smallest absolute Gasteiger partial charge is 0.220 e. The van der Waals surface area contributed by atoms with Gasteiger partial charge in [0.25, 0.3) is 0 Å². The average molecular weight is 286 g/mol.